The van der Waals surface area contributed by atoms with E-state index >= 15 is 0 Å². The van der Waals surface area contributed by atoms with Gasteiger partial charge in [-0.15, -0.1) is 0 Å². The van der Waals surface area contributed by atoms with E-state index in [2.05, 4.69) is 10.9 Å². The van der Waals surface area contributed by atoms with Crippen LogP contribution in [0.3, 0.4) is 0 Å². The van der Waals surface area contributed by atoms with Crippen LogP contribution in [0.25, 0.3) is 6.08 Å². The minimum atomic E-state index is -0.717. The summed E-state index contributed by atoms with van der Waals surface area (Å²) in [6.07, 6.45) is 2.72. The van der Waals surface area contributed by atoms with Crippen molar-refractivity contribution in [3.05, 3.63) is 64.7 Å². The van der Waals surface area contributed by atoms with Crippen LogP contribution in [0, 0.1) is 0 Å². The van der Waals surface area contributed by atoms with Crippen molar-refractivity contribution < 1.29 is 28.6 Å². The molecule has 2 aromatic carbocycles. The molecule has 29 heavy (non-hydrogen) atoms. The molecule has 2 amide bonds. The second kappa shape index (κ2) is 10.7. The molecule has 2 aromatic rings. The molecule has 0 radical (unpaired) electrons. The predicted octanol–water partition coefficient (Wildman–Crippen LogP) is 2.37. The SMILES string of the molecule is COc1ccc(/C=C/C(=O)OCC(=O)NNC(=O)c2cc(Cl)ccc2OC)cc1. The van der Waals surface area contributed by atoms with Gasteiger partial charge in [0.1, 0.15) is 11.5 Å². The van der Waals surface area contributed by atoms with Crippen molar-refractivity contribution in [3.63, 3.8) is 0 Å². The minimum absolute atomic E-state index is 0.139. The standard InChI is InChI=1S/C20H19ClN2O6/c1-27-15-7-3-13(4-8-15)5-10-19(25)29-12-18(24)22-23-20(26)16-11-14(21)6-9-17(16)28-2/h3-11H,12H2,1-2H3,(H,22,24)(H,23,26)/b10-5+. The van der Waals surface area contributed by atoms with E-state index in [0.29, 0.717) is 10.8 Å². The van der Waals surface area contributed by atoms with Crippen LogP contribution < -0.4 is 20.3 Å². The summed E-state index contributed by atoms with van der Waals surface area (Å²) >= 11 is 5.86. The topological polar surface area (TPSA) is 103 Å². The van der Waals surface area contributed by atoms with Gasteiger partial charge in [-0.1, -0.05) is 23.7 Å². The number of hydrogen-bond donors (Lipinski definition) is 2. The largest absolute Gasteiger partial charge is 0.497 e. The van der Waals surface area contributed by atoms with Crippen LogP contribution in [0.2, 0.25) is 5.02 Å². The van der Waals surface area contributed by atoms with Gasteiger partial charge in [0, 0.05) is 11.1 Å². The van der Waals surface area contributed by atoms with E-state index in [1.807, 2.05) is 0 Å². The lowest BCUT2D eigenvalue weighted by molar-refractivity contribution is -0.144. The van der Waals surface area contributed by atoms with Gasteiger partial charge in [0.05, 0.1) is 19.8 Å². The molecular formula is C20H19ClN2O6. The smallest absolute Gasteiger partial charge is 0.331 e. The zero-order valence-electron chi connectivity index (χ0n) is 15.7. The van der Waals surface area contributed by atoms with E-state index in [0.717, 1.165) is 5.56 Å². The summed E-state index contributed by atoms with van der Waals surface area (Å²) in [4.78, 5) is 35.6. The Bertz CT molecular complexity index is 912. The average molecular weight is 419 g/mol. The fourth-order valence-electron chi connectivity index (χ4n) is 2.15. The highest BCUT2D eigenvalue weighted by molar-refractivity contribution is 6.31. The lowest BCUT2D eigenvalue weighted by Crippen LogP contribution is -2.43. The van der Waals surface area contributed by atoms with Crippen molar-refractivity contribution in [1.82, 2.24) is 10.9 Å². The van der Waals surface area contributed by atoms with Gasteiger partial charge in [0.15, 0.2) is 6.61 Å². The van der Waals surface area contributed by atoms with Gasteiger partial charge in [0.2, 0.25) is 0 Å². The van der Waals surface area contributed by atoms with Crippen LogP contribution in [-0.2, 0) is 14.3 Å². The number of methoxy groups -OCH3 is 2. The molecule has 0 saturated carbocycles. The first-order chi connectivity index (χ1) is 13.9. The van der Waals surface area contributed by atoms with Crippen molar-refractivity contribution in [3.8, 4) is 11.5 Å². The van der Waals surface area contributed by atoms with Gasteiger partial charge >= 0.3 is 5.97 Å². The number of hydrazine groups is 1. The summed E-state index contributed by atoms with van der Waals surface area (Å²) in [6.45, 7) is -0.571. The van der Waals surface area contributed by atoms with E-state index in [1.54, 1.807) is 37.4 Å². The molecule has 0 spiro atoms. The third kappa shape index (κ3) is 6.86. The zero-order valence-corrected chi connectivity index (χ0v) is 16.5. The lowest BCUT2D eigenvalue weighted by atomic mass is 10.2. The lowest BCUT2D eigenvalue weighted by Gasteiger charge is -2.10. The maximum Gasteiger partial charge on any atom is 0.331 e. The molecule has 8 nitrogen and oxygen atoms in total. The highest BCUT2D eigenvalue weighted by Crippen LogP contribution is 2.22. The summed E-state index contributed by atoms with van der Waals surface area (Å²) in [5, 5.41) is 0.333. The van der Waals surface area contributed by atoms with Gasteiger partial charge in [-0.05, 0) is 42.0 Å². The third-order valence-electron chi connectivity index (χ3n) is 3.59. The minimum Gasteiger partial charge on any atom is -0.497 e. The Morgan fingerprint density at radius 1 is 1.00 bits per heavy atom. The molecule has 0 saturated heterocycles. The Morgan fingerprint density at radius 2 is 1.72 bits per heavy atom. The molecule has 2 rings (SSSR count). The summed E-state index contributed by atoms with van der Waals surface area (Å²) < 4.78 is 14.9. The van der Waals surface area contributed by atoms with Crippen molar-refractivity contribution in [2.24, 2.45) is 0 Å². The number of carbonyl (C=O) groups excluding carboxylic acids is 3. The second-order valence-corrected chi connectivity index (χ2v) is 6.00. The molecule has 0 bridgehead atoms. The molecule has 0 aliphatic rings. The monoisotopic (exact) mass is 418 g/mol. The molecule has 0 aliphatic carbocycles. The Balaban J connectivity index is 1.79. The fraction of sp³-hybridized carbons (Fsp3) is 0.150. The summed E-state index contributed by atoms with van der Waals surface area (Å²) in [7, 11) is 2.96. The van der Waals surface area contributed by atoms with E-state index in [-0.39, 0.29) is 11.3 Å². The van der Waals surface area contributed by atoms with Gasteiger partial charge in [-0.2, -0.15) is 0 Å². The van der Waals surface area contributed by atoms with Gasteiger partial charge in [-0.25, -0.2) is 4.79 Å². The van der Waals surface area contributed by atoms with Gasteiger partial charge in [-0.3, -0.25) is 20.4 Å². The van der Waals surface area contributed by atoms with Crippen molar-refractivity contribution in [1.29, 1.82) is 0 Å². The molecule has 2 N–H and O–H groups in total. The predicted molar refractivity (Wildman–Crippen MR) is 107 cm³/mol. The number of esters is 1. The Labute approximate surface area is 172 Å². The third-order valence-corrected chi connectivity index (χ3v) is 3.83. The number of nitrogens with one attached hydrogen (secondary N) is 2. The molecule has 0 fully saturated rings. The highest BCUT2D eigenvalue weighted by Gasteiger charge is 2.14. The van der Waals surface area contributed by atoms with Crippen LogP contribution in [0.15, 0.2) is 48.5 Å². The first-order valence-corrected chi connectivity index (χ1v) is 8.72. The normalized spacial score (nSPS) is 10.3. The van der Waals surface area contributed by atoms with Gasteiger partial charge in [0.25, 0.3) is 11.8 Å². The van der Waals surface area contributed by atoms with E-state index < -0.39 is 24.4 Å². The Morgan fingerprint density at radius 3 is 2.38 bits per heavy atom. The molecule has 9 heteroatoms. The number of halogens is 1. The van der Waals surface area contributed by atoms with Crippen molar-refractivity contribution >= 4 is 35.5 Å². The number of carbonyl (C=O) groups is 3. The second-order valence-electron chi connectivity index (χ2n) is 5.56. The highest BCUT2D eigenvalue weighted by atomic mass is 35.5. The fourth-order valence-corrected chi connectivity index (χ4v) is 2.32. The van der Waals surface area contributed by atoms with E-state index in [1.165, 1.54) is 31.4 Å². The van der Waals surface area contributed by atoms with Crippen LogP contribution in [0.4, 0.5) is 0 Å². The van der Waals surface area contributed by atoms with E-state index in [9.17, 15) is 14.4 Å². The Kier molecular flexibility index (Phi) is 8.05. The number of ether oxygens (including phenoxy) is 3. The summed E-state index contributed by atoms with van der Waals surface area (Å²) in [5.74, 6) is -1.08. The first-order valence-electron chi connectivity index (χ1n) is 8.34. The van der Waals surface area contributed by atoms with Crippen LogP contribution in [0.5, 0.6) is 11.5 Å². The Hall–Kier alpha value is -3.52. The first kappa shape index (κ1) is 21.8. The summed E-state index contributed by atoms with van der Waals surface area (Å²) in [5.41, 5.74) is 5.23. The quantitative estimate of drug-likeness (QED) is 0.406. The maximum absolute atomic E-state index is 12.1. The number of hydrogen-bond acceptors (Lipinski definition) is 6. The summed E-state index contributed by atoms with van der Waals surface area (Å²) in [6, 6.07) is 11.5. The van der Waals surface area contributed by atoms with Crippen LogP contribution in [-0.4, -0.2) is 38.6 Å². The molecule has 0 atom stereocenters. The average Bonchev–Trinajstić information content (AvgIpc) is 2.74. The van der Waals surface area contributed by atoms with E-state index in [4.69, 9.17) is 25.8 Å². The zero-order chi connectivity index (χ0) is 21.2. The molecular weight excluding hydrogens is 400 g/mol. The number of rotatable bonds is 7. The molecule has 0 aliphatic heterocycles. The number of benzene rings is 2. The van der Waals surface area contributed by atoms with Gasteiger partial charge < -0.3 is 14.2 Å². The van der Waals surface area contributed by atoms with Crippen LogP contribution in [0.1, 0.15) is 15.9 Å². The molecule has 0 aromatic heterocycles. The molecule has 0 unspecified atom stereocenters. The molecule has 152 valence electrons. The van der Waals surface area contributed by atoms with Crippen LogP contribution >= 0.6 is 11.6 Å². The molecule has 0 heterocycles. The maximum atomic E-state index is 12.1. The number of amides is 2. The van der Waals surface area contributed by atoms with Crippen molar-refractivity contribution in [2.75, 3.05) is 20.8 Å². The van der Waals surface area contributed by atoms with Crippen molar-refractivity contribution in [2.45, 2.75) is 0 Å².